The van der Waals surface area contributed by atoms with Gasteiger partial charge in [0.15, 0.2) is 5.69 Å². The van der Waals surface area contributed by atoms with Crippen LogP contribution in [0.4, 0.5) is 5.69 Å². The monoisotopic (exact) mass is 362 g/mol. The zero-order chi connectivity index (χ0) is 19.0. The van der Waals surface area contributed by atoms with E-state index < -0.39 is 0 Å². The van der Waals surface area contributed by atoms with Crippen molar-refractivity contribution in [1.29, 1.82) is 0 Å². The molecule has 0 spiro atoms. The molecular weight excluding hydrogens is 340 g/mol. The number of pyridine rings is 1. The largest absolute Gasteiger partial charge is 0.347 e. The second kappa shape index (κ2) is 6.87. The number of hydrogen-bond donors (Lipinski definition) is 1. The molecule has 27 heavy (non-hydrogen) atoms. The van der Waals surface area contributed by atoms with Crippen LogP contribution >= 0.6 is 0 Å². The summed E-state index contributed by atoms with van der Waals surface area (Å²) in [5.74, 6) is -0.230. The number of hydrogen-bond acceptors (Lipinski definition) is 3. The molecule has 0 bridgehead atoms. The summed E-state index contributed by atoms with van der Waals surface area (Å²) >= 11 is 0. The van der Waals surface area contributed by atoms with Crippen LogP contribution in [0.15, 0.2) is 48.7 Å². The van der Waals surface area contributed by atoms with Gasteiger partial charge in [-0.2, -0.15) is 0 Å². The van der Waals surface area contributed by atoms with Crippen molar-refractivity contribution in [3.63, 3.8) is 0 Å². The fourth-order valence-electron chi connectivity index (χ4n) is 3.55. The van der Waals surface area contributed by atoms with Gasteiger partial charge in [0, 0.05) is 24.5 Å². The Balaban J connectivity index is 1.79. The van der Waals surface area contributed by atoms with Gasteiger partial charge in [0.05, 0.1) is 5.52 Å². The van der Waals surface area contributed by atoms with Crippen molar-refractivity contribution in [3.05, 3.63) is 65.7 Å². The SMILES string of the molecule is CC(C)NC(=O)c1nc(C(=O)N2CCCc3ccccc32)c2ccccn12. The summed E-state index contributed by atoms with van der Waals surface area (Å²) in [6, 6.07) is 13.4. The minimum Gasteiger partial charge on any atom is -0.347 e. The third-order valence-corrected chi connectivity index (χ3v) is 4.73. The molecule has 0 aliphatic carbocycles. The van der Waals surface area contributed by atoms with E-state index in [1.165, 1.54) is 5.56 Å². The van der Waals surface area contributed by atoms with E-state index in [0.29, 0.717) is 17.8 Å². The number of aryl methyl sites for hydroxylation is 1. The van der Waals surface area contributed by atoms with Gasteiger partial charge in [-0.25, -0.2) is 4.98 Å². The lowest BCUT2D eigenvalue weighted by Gasteiger charge is -2.28. The van der Waals surface area contributed by atoms with Crippen LogP contribution < -0.4 is 10.2 Å². The molecule has 0 atom stereocenters. The molecule has 1 aromatic carbocycles. The average molecular weight is 362 g/mol. The van der Waals surface area contributed by atoms with E-state index in [2.05, 4.69) is 16.4 Å². The molecular formula is C21H22N4O2. The second-order valence-corrected chi connectivity index (χ2v) is 7.06. The van der Waals surface area contributed by atoms with E-state index in [1.807, 2.05) is 50.2 Å². The highest BCUT2D eigenvalue weighted by Crippen LogP contribution is 2.29. The summed E-state index contributed by atoms with van der Waals surface area (Å²) in [4.78, 5) is 32.1. The van der Waals surface area contributed by atoms with Crippen LogP contribution in [0.5, 0.6) is 0 Å². The maximum atomic E-state index is 13.4. The maximum Gasteiger partial charge on any atom is 0.287 e. The number of amides is 2. The minimum absolute atomic E-state index is 0.0123. The Morgan fingerprint density at radius 2 is 1.89 bits per heavy atom. The molecule has 1 aliphatic rings. The van der Waals surface area contributed by atoms with E-state index >= 15 is 0 Å². The van der Waals surface area contributed by atoms with Gasteiger partial charge in [-0.15, -0.1) is 0 Å². The number of para-hydroxylation sites is 1. The minimum atomic E-state index is -0.288. The third kappa shape index (κ3) is 3.07. The average Bonchev–Trinajstić information content (AvgIpc) is 3.06. The van der Waals surface area contributed by atoms with Crippen LogP contribution in [-0.2, 0) is 6.42 Å². The van der Waals surface area contributed by atoms with Gasteiger partial charge < -0.3 is 10.2 Å². The van der Waals surface area contributed by atoms with E-state index in [-0.39, 0.29) is 23.7 Å². The molecule has 138 valence electrons. The molecule has 6 heteroatoms. The summed E-state index contributed by atoms with van der Waals surface area (Å²) < 4.78 is 1.68. The van der Waals surface area contributed by atoms with Gasteiger partial charge >= 0.3 is 0 Å². The lowest BCUT2D eigenvalue weighted by Crippen LogP contribution is -2.36. The number of carbonyl (C=O) groups is 2. The van der Waals surface area contributed by atoms with Gasteiger partial charge in [-0.1, -0.05) is 24.3 Å². The summed E-state index contributed by atoms with van der Waals surface area (Å²) in [5, 5.41) is 2.85. The maximum absolute atomic E-state index is 13.4. The zero-order valence-corrected chi connectivity index (χ0v) is 15.5. The first-order valence-electron chi connectivity index (χ1n) is 9.24. The number of rotatable bonds is 3. The zero-order valence-electron chi connectivity index (χ0n) is 15.5. The van der Waals surface area contributed by atoms with Crippen LogP contribution in [0, 0.1) is 0 Å². The molecule has 0 saturated heterocycles. The predicted octanol–water partition coefficient (Wildman–Crippen LogP) is 3.07. The Hall–Kier alpha value is -3.15. The fourth-order valence-corrected chi connectivity index (χ4v) is 3.55. The standard InChI is InChI=1S/C21H22N4O2/c1-14(2)22-20(26)19-23-18(17-11-5-6-12-24(17)19)21(27)25-13-7-9-15-8-3-4-10-16(15)25/h3-6,8,10-12,14H,7,9,13H2,1-2H3,(H,22,26). The number of anilines is 1. The van der Waals surface area contributed by atoms with Crippen molar-refractivity contribution in [2.45, 2.75) is 32.7 Å². The summed E-state index contributed by atoms with van der Waals surface area (Å²) in [6.07, 6.45) is 3.64. The van der Waals surface area contributed by atoms with Crippen LogP contribution in [0.1, 0.15) is 46.9 Å². The molecule has 0 saturated carbocycles. The van der Waals surface area contributed by atoms with Crippen molar-refractivity contribution < 1.29 is 9.59 Å². The van der Waals surface area contributed by atoms with Gasteiger partial charge in [0.25, 0.3) is 11.8 Å². The van der Waals surface area contributed by atoms with Crippen molar-refractivity contribution >= 4 is 23.0 Å². The molecule has 4 rings (SSSR count). The summed E-state index contributed by atoms with van der Waals surface area (Å²) in [6.45, 7) is 4.43. The van der Waals surface area contributed by atoms with E-state index in [1.54, 1.807) is 15.5 Å². The molecule has 2 aromatic heterocycles. The van der Waals surface area contributed by atoms with Gasteiger partial charge in [-0.3, -0.25) is 14.0 Å². The first kappa shape index (κ1) is 17.3. The third-order valence-electron chi connectivity index (χ3n) is 4.73. The number of carbonyl (C=O) groups excluding carboxylic acids is 2. The van der Waals surface area contributed by atoms with Crippen molar-refractivity contribution in [3.8, 4) is 0 Å². The number of fused-ring (bicyclic) bond motifs is 2. The number of benzene rings is 1. The van der Waals surface area contributed by atoms with Crippen molar-refractivity contribution in [1.82, 2.24) is 14.7 Å². The van der Waals surface area contributed by atoms with Crippen LogP contribution in [0.3, 0.4) is 0 Å². The van der Waals surface area contributed by atoms with E-state index in [4.69, 9.17) is 0 Å². The lowest BCUT2D eigenvalue weighted by molar-refractivity contribution is 0.0932. The molecule has 2 amide bonds. The first-order chi connectivity index (χ1) is 13.1. The Morgan fingerprint density at radius 3 is 2.70 bits per heavy atom. The highest BCUT2D eigenvalue weighted by atomic mass is 16.2. The molecule has 3 aromatic rings. The molecule has 0 fully saturated rings. The van der Waals surface area contributed by atoms with E-state index in [9.17, 15) is 9.59 Å². The molecule has 0 radical (unpaired) electrons. The highest BCUT2D eigenvalue weighted by Gasteiger charge is 2.28. The topological polar surface area (TPSA) is 66.7 Å². The van der Waals surface area contributed by atoms with Crippen LogP contribution in [0.25, 0.3) is 5.52 Å². The summed E-state index contributed by atoms with van der Waals surface area (Å²) in [5.41, 5.74) is 3.04. The Morgan fingerprint density at radius 1 is 1.11 bits per heavy atom. The molecule has 1 aliphatic heterocycles. The number of nitrogens with zero attached hydrogens (tertiary/aromatic N) is 3. The highest BCUT2D eigenvalue weighted by molar-refractivity contribution is 6.10. The Kier molecular flexibility index (Phi) is 4.39. The fraction of sp³-hybridized carbons (Fsp3) is 0.286. The summed E-state index contributed by atoms with van der Waals surface area (Å²) in [7, 11) is 0. The molecule has 3 heterocycles. The van der Waals surface area contributed by atoms with Crippen molar-refractivity contribution in [2.24, 2.45) is 0 Å². The Labute approximate surface area is 157 Å². The predicted molar refractivity (Wildman–Crippen MR) is 104 cm³/mol. The molecule has 6 nitrogen and oxygen atoms in total. The quantitative estimate of drug-likeness (QED) is 0.779. The number of nitrogens with one attached hydrogen (secondary N) is 1. The Bertz CT molecular complexity index is 1020. The lowest BCUT2D eigenvalue weighted by atomic mass is 10.0. The molecule has 0 unspecified atom stereocenters. The van der Waals surface area contributed by atoms with Gasteiger partial charge in [0.2, 0.25) is 5.82 Å². The smallest absolute Gasteiger partial charge is 0.287 e. The van der Waals surface area contributed by atoms with Crippen molar-refractivity contribution in [2.75, 3.05) is 11.4 Å². The van der Waals surface area contributed by atoms with Gasteiger partial charge in [-0.05, 0) is 50.5 Å². The van der Waals surface area contributed by atoms with Gasteiger partial charge in [0.1, 0.15) is 0 Å². The number of aromatic nitrogens is 2. The molecule has 1 N–H and O–H groups in total. The number of imidazole rings is 1. The second-order valence-electron chi connectivity index (χ2n) is 7.06. The van der Waals surface area contributed by atoms with Crippen LogP contribution in [0.2, 0.25) is 0 Å². The van der Waals surface area contributed by atoms with Crippen LogP contribution in [-0.4, -0.2) is 33.8 Å². The normalized spacial score (nSPS) is 13.7. The first-order valence-corrected chi connectivity index (χ1v) is 9.24. The van der Waals surface area contributed by atoms with E-state index in [0.717, 1.165) is 18.5 Å².